The second-order valence-electron chi connectivity index (χ2n) is 6.83. The molecule has 2 aromatic carbocycles. The van der Waals surface area contributed by atoms with Crippen LogP contribution in [-0.2, 0) is 13.1 Å². The van der Waals surface area contributed by atoms with Crippen molar-refractivity contribution in [3.05, 3.63) is 54.1 Å². The molecule has 0 aliphatic heterocycles. The van der Waals surface area contributed by atoms with Crippen LogP contribution in [0.15, 0.2) is 43.0 Å². The fourth-order valence-corrected chi connectivity index (χ4v) is 3.50. The summed E-state index contributed by atoms with van der Waals surface area (Å²) in [5.41, 5.74) is 2.06. The zero-order valence-electron chi connectivity index (χ0n) is 18.8. The van der Waals surface area contributed by atoms with Gasteiger partial charge in [-0.15, -0.1) is 0 Å². The highest BCUT2D eigenvalue weighted by Crippen LogP contribution is 2.39. The zero-order chi connectivity index (χ0) is 22.4. The summed E-state index contributed by atoms with van der Waals surface area (Å²) >= 11 is 0. The summed E-state index contributed by atoms with van der Waals surface area (Å²) in [7, 11) is 9.64. The molecule has 166 valence electrons. The number of benzene rings is 2. The van der Waals surface area contributed by atoms with Gasteiger partial charge in [0.25, 0.3) is 0 Å². The van der Waals surface area contributed by atoms with Crippen molar-refractivity contribution in [3.8, 4) is 34.5 Å². The summed E-state index contributed by atoms with van der Waals surface area (Å²) in [5, 5.41) is 0. The van der Waals surface area contributed by atoms with Crippen molar-refractivity contribution in [2.45, 2.75) is 13.1 Å². The lowest BCUT2D eigenvalue weighted by Crippen LogP contribution is -2.31. The normalized spacial score (nSPS) is 10.5. The number of hydrogen-bond acceptors (Lipinski definition) is 6. The molecule has 3 rings (SSSR count). The van der Waals surface area contributed by atoms with Gasteiger partial charge in [0.05, 0.1) is 42.7 Å². The van der Waals surface area contributed by atoms with Crippen molar-refractivity contribution in [1.29, 1.82) is 0 Å². The van der Waals surface area contributed by atoms with Crippen LogP contribution in [0, 0.1) is 0 Å². The number of methoxy groups -OCH3 is 6. The minimum Gasteiger partial charge on any atom is -0.493 e. The molecular formula is C23H29N2O6+. The maximum Gasteiger partial charge on any atom is 0.244 e. The van der Waals surface area contributed by atoms with Gasteiger partial charge in [0, 0.05) is 11.1 Å². The average molecular weight is 429 g/mol. The van der Waals surface area contributed by atoms with Gasteiger partial charge in [-0.2, -0.15) is 0 Å². The van der Waals surface area contributed by atoms with Crippen LogP contribution in [0.1, 0.15) is 11.1 Å². The second kappa shape index (κ2) is 9.97. The Labute approximate surface area is 182 Å². The first-order valence-corrected chi connectivity index (χ1v) is 9.69. The number of imidazole rings is 1. The van der Waals surface area contributed by atoms with Crippen molar-refractivity contribution < 1.29 is 33.0 Å². The van der Waals surface area contributed by atoms with E-state index in [9.17, 15) is 0 Å². The molecule has 0 spiro atoms. The summed E-state index contributed by atoms with van der Waals surface area (Å²) in [5.74, 6) is 3.70. The molecule has 1 heterocycles. The van der Waals surface area contributed by atoms with Crippen LogP contribution in [0.2, 0.25) is 0 Å². The Morgan fingerprint density at radius 1 is 0.645 bits per heavy atom. The molecule has 31 heavy (non-hydrogen) atoms. The van der Waals surface area contributed by atoms with E-state index in [0.29, 0.717) is 47.6 Å². The first kappa shape index (κ1) is 22.1. The summed E-state index contributed by atoms with van der Waals surface area (Å²) < 4.78 is 36.8. The number of rotatable bonds is 10. The lowest BCUT2D eigenvalue weighted by molar-refractivity contribution is -0.687. The van der Waals surface area contributed by atoms with Crippen LogP contribution in [0.3, 0.4) is 0 Å². The minimum absolute atomic E-state index is 0.582. The van der Waals surface area contributed by atoms with Gasteiger partial charge in [0.1, 0.15) is 25.5 Å². The topological polar surface area (TPSA) is 64.2 Å². The van der Waals surface area contributed by atoms with Gasteiger partial charge in [-0.05, 0) is 24.3 Å². The van der Waals surface area contributed by atoms with E-state index in [2.05, 4.69) is 9.13 Å². The molecule has 0 aliphatic carbocycles. The fraction of sp³-hybridized carbons (Fsp3) is 0.348. The summed E-state index contributed by atoms with van der Waals surface area (Å²) in [6, 6.07) is 7.80. The van der Waals surface area contributed by atoms with Gasteiger partial charge in [0.15, 0.2) is 23.0 Å². The van der Waals surface area contributed by atoms with E-state index in [1.807, 2.05) is 43.0 Å². The van der Waals surface area contributed by atoms with Gasteiger partial charge in [0.2, 0.25) is 17.8 Å². The van der Waals surface area contributed by atoms with Crippen molar-refractivity contribution >= 4 is 0 Å². The van der Waals surface area contributed by atoms with Gasteiger partial charge in [-0.3, -0.25) is 0 Å². The first-order chi connectivity index (χ1) is 15.1. The van der Waals surface area contributed by atoms with Crippen LogP contribution >= 0.6 is 0 Å². The summed E-state index contributed by atoms with van der Waals surface area (Å²) in [6.07, 6.45) is 6.06. The third-order valence-electron chi connectivity index (χ3n) is 4.93. The largest absolute Gasteiger partial charge is 0.493 e. The highest BCUT2D eigenvalue weighted by Gasteiger charge is 2.17. The number of aromatic nitrogens is 2. The SMILES string of the molecule is COc1cc(Cn2cc[n+](Cc3cc(OC)c(OC)c(OC)c3)c2)cc(OC)c1OC. The van der Waals surface area contributed by atoms with E-state index in [1.165, 1.54) is 0 Å². The molecule has 3 aromatic rings. The molecule has 0 N–H and O–H groups in total. The van der Waals surface area contributed by atoms with Crippen molar-refractivity contribution in [2.24, 2.45) is 0 Å². The van der Waals surface area contributed by atoms with Crippen LogP contribution in [0.5, 0.6) is 34.5 Å². The molecule has 0 saturated heterocycles. The summed E-state index contributed by atoms with van der Waals surface area (Å²) in [4.78, 5) is 0. The standard InChI is InChI=1S/C23H29N2O6/c1-26-18-9-16(10-19(27-2)22(18)30-5)13-24-7-8-25(15-24)14-17-11-20(28-3)23(31-6)21(12-17)29-4/h7-12,15H,13-14H2,1-6H3/q+1. The van der Waals surface area contributed by atoms with Crippen LogP contribution in [0.4, 0.5) is 0 Å². The predicted octanol–water partition coefficient (Wildman–Crippen LogP) is 2.92. The minimum atomic E-state index is 0.582. The quantitative estimate of drug-likeness (QED) is 0.462. The Kier molecular flexibility index (Phi) is 7.12. The predicted molar refractivity (Wildman–Crippen MR) is 115 cm³/mol. The number of nitrogens with zero attached hydrogens (tertiary/aromatic N) is 2. The smallest absolute Gasteiger partial charge is 0.244 e. The van der Waals surface area contributed by atoms with Crippen molar-refractivity contribution in [1.82, 2.24) is 4.57 Å². The number of ether oxygens (including phenoxy) is 6. The number of hydrogen-bond donors (Lipinski definition) is 0. The maximum absolute atomic E-state index is 5.45. The van der Waals surface area contributed by atoms with Gasteiger partial charge < -0.3 is 28.4 Å². The molecule has 0 amide bonds. The molecule has 0 saturated carbocycles. The van der Waals surface area contributed by atoms with E-state index in [-0.39, 0.29) is 0 Å². The van der Waals surface area contributed by atoms with E-state index in [0.717, 1.165) is 11.1 Å². The molecule has 0 unspecified atom stereocenters. The molecule has 0 fully saturated rings. The van der Waals surface area contributed by atoms with Gasteiger partial charge >= 0.3 is 0 Å². The Hall–Kier alpha value is -3.55. The molecule has 8 nitrogen and oxygen atoms in total. The first-order valence-electron chi connectivity index (χ1n) is 9.69. The van der Waals surface area contributed by atoms with Gasteiger partial charge in [-0.25, -0.2) is 9.13 Å². The average Bonchev–Trinajstić information content (AvgIpc) is 3.23. The lowest BCUT2D eigenvalue weighted by Gasteiger charge is -2.13. The van der Waals surface area contributed by atoms with Crippen LogP contribution < -0.4 is 33.0 Å². The van der Waals surface area contributed by atoms with Crippen LogP contribution in [0.25, 0.3) is 0 Å². The molecule has 1 aromatic heterocycles. The zero-order valence-corrected chi connectivity index (χ0v) is 18.8. The molecule has 0 aliphatic rings. The van der Waals surface area contributed by atoms with Gasteiger partial charge in [-0.1, -0.05) is 0 Å². The van der Waals surface area contributed by atoms with Crippen molar-refractivity contribution in [3.63, 3.8) is 0 Å². The Morgan fingerprint density at radius 3 is 1.52 bits per heavy atom. The molecule has 0 bridgehead atoms. The Morgan fingerprint density at radius 2 is 1.10 bits per heavy atom. The Balaban J connectivity index is 1.82. The molecular weight excluding hydrogens is 400 g/mol. The third kappa shape index (κ3) is 4.79. The monoisotopic (exact) mass is 429 g/mol. The Bertz CT molecular complexity index is 901. The summed E-state index contributed by atoms with van der Waals surface area (Å²) in [6.45, 7) is 1.30. The van der Waals surface area contributed by atoms with Crippen LogP contribution in [-0.4, -0.2) is 47.2 Å². The second-order valence-corrected chi connectivity index (χ2v) is 6.83. The van der Waals surface area contributed by atoms with E-state index in [4.69, 9.17) is 28.4 Å². The van der Waals surface area contributed by atoms with E-state index >= 15 is 0 Å². The highest BCUT2D eigenvalue weighted by atomic mass is 16.5. The fourth-order valence-electron chi connectivity index (χ4n) is 3.50. The van der Waals surface area contributed by atoms with E-state index < -0.39 is 0 Å². The molecule has 0 atom stereocenters. The lowest BCUT2D eigenvalue weighted by atomic mass is 10.1. The van der Waals surface area contributed by atoms with Crippen molar-refractivity contribution in [2.75, 3.05) is 42.7 Å². The molecule has 0 radical (unpaired) electrons. The molecule has 8 heteroatoms. The highest BCUT2D eigenvalue weighted by molar-refractivity contribution is 5.54. The maximum atomic E-state index is 5.45. The third-order valence-corrected chi connectivity index (χ3v) is 4.93. The van der Waals surface area contributed by atoms with E-state index in [1.54, 1.807) is 42.7 Å².